The topological polar surface area (TPSA) is 178 Å². The van der Waals surface area contributed by atoms with E-state index in [0.717, 1.165) is 97.3 Å². The molecule has 18 heteroatoms. The molecule has 0 radical (unpaired) electrons. The van der Waals surface area contributed by atoms with Crippen LogP contribution in [0.25, 0.3) is 22.2 Å². The molecule has 3 N–H and O–H groups in total. The number of fused-ring (bicyclic) bond motifs is 4. The smallest absolute Gasteiger partial charge is 0.262 e. The lowest BCUT2D eigenvalue weighted by Gasteiger charge is -2.58. The van der Waals surface area contributed by atoms with Crippen LogP contribution in [-0.4, -0.2) is 137 Å². The number of hydrogen-bond donors (Lipinski definition) is 3. The Morgan fingerprint density at radius 2 is 1.72 bits per heavy atom. The molecule has 68 heavy (non-hydrogen) atoms. The predicted molar refractivity (Wildman–Crippen MR) is 256 cm³/mol. The number of piperidine rings is 3. The van der Waals surface area contributed by atoms with Crippen LogP contribution in [0.1, 0.15) is 52.8 Å². The van der Waals surface area contributed by atoms with E-state index in [0.29, 0.717) is 41.2 Å². The van der Waals surface area contributed by atoms with Crippen LogP contribution in [0.3, 0.4) is 0 Å². The second-order valence-corrected chi connectivity index (χ2v) is 18.5. The van der Waals surface area contributed by atoms with Crippen LogP contribution in [0.4, 0.5) is 33.1 Å². The number of carbonyl (C=O) groups is 5. The van der Waals surface area contributed by atoms with Gasteiger partial charge in [-0.1, -0.05) is 24.8 Å². The standard InChI is InChI=1S/C50H54FN11O6/c1-5-45(63)53-38-23-39(55-50-52-15-12-37(54-50)35-28-58(3)40-9-7-6-8-32(35)40)44(68-4)24-43(38)57(2)18-19-59-16-13-29(14-17-59)25-60-26-30-20-31(27-60)61(30)42-22-34-33(21-36(42)51)48(66)62(49(34)67)41-10-11-46(64)56-47(41)65/h5-9,12,15,21-24,28-31,41H,1,10-11,13-14,16-20,25-27H2,2-4H3,(H,53,63)(H,52,54,55)(H,56,64,65). The Morgan fingerprint density at radius 3 is 2.46 bits per heavy atom. The van der Waals surface area contributed by atoms with Gasteiger partial charge < -0.3 is 34.6 Å². The van der Waals surface area contributed by atoms with Crippen LogP contribution in [-0.2, 0) is 21.4 Å². The lowest BCUT2D eigenvalue weighted by molar-refractivity contribution is -0.136. The zero-order valence-corrected chi connectivity index (χ0v) is 38.3. The summed E-state index contributed by atoms with van der Waals surface area (Å²) >= 11 is 0. The number of aryl methyl sites for hydroxylation is 1. The molecule has 352 valence electrons. The number of likely N-dealkylation sites (tertiary alicyclic amines) is 1. The van der Waals surface area contributed by atoms with E-state index in [1.54, 1.807) is 13.3 Å². The fourth-order valence-corrected chi connectivity index (χ4v) is 10.8. The number of amides is 5. The number of anilines is 5. The average molecular weight is 924 g/mol. The van der Waals surface area contributed by atoms with Gasteiger partial charge in [0.05, 0.1) is 46.7 Å². The van der Waals surface area contributed by atoms with Crippen molar-refractivity contribution in [3.63, 3.8) is 0 Å². The summed E-state index contributed by atoms with van der Waals surface area (Å²) in [4.78, 5) is 83.0. The van der Waals surface area contributed by atoms with Gasteiger partial charge in [0.15, 0.2) is 0 Å². The van der Waals surface area contributed by atoms with Crippen LogP contribution < -0.4 is 30.5 Å². The summed E-state index contributed by atoms with van der Waals surface area (Å²) in [6.07, 6.45) is 8.11. The lowest BCUT2D eigenvalue weighted by Crippen LogP contribution is -2.69. The van der Waals surface area contributed by atoms with Crippen LogP contribution in [0.5, 0.6) is 5.75 Å². The highest BCUT2D eigenvalue weighted by molar-refractivity contribution is 6.24. The van der Waals surface area contributed by atoms with Crippen LogP contribution >= 0.6 is 0 Å². The van der Waals surface area contributed by atoms with Gasteiger partial charge >= 0.3 is 0 Å². The van der Waals surface area contributed by atoms with Gasteiger partial charge in [-0.25, -0.2) is 14.4 Å². The number of piperazine rings is 1. The molecule has 3 atom stereocenters. The number of methoxy groups -OCH3 is 1. The van der Waals surface area contributed by atoms with Crippen molar-refractivity contribution in [3.05, 3.63) is 96.6 Å². The predicted octanol–water partition coefficient (Wildman–Crippen LogP) is 5.16. The first-order chi connectivity index (χ1) is 32.9. The van der Waals surface area contributed by atoms with Crippen LogP contribution in [0.2, 0.25) is 0 Å². The fraction of sp³-hybridized carbons (Fsp3) is 0.380. The normalized spacial score (nSPS) is 20.9. The Kier molecular flexibility index (Phi) is 11.9. The SMILES string of the molecule is C=CC(=O)Nc1cc(Nc2nccc(-c3cn(C)c4ccccc34)n2)c(OC)cc1N(C)CCN1CCC(CN2CC3CC(C2)N3c2cc3c(cc2F)C(=O)N(C2CCC(=O)NC2=O)C3=O)CC1. The maximum Gasteiger partial charge on any atom is 0.262 e. The number of para-hydroxylation sites is 1. The van der Waals surface area contributed by atoms with Gasteiger partial charge in [-0.2, -0.15) is 0 Å². The maximum absolute atomic E-state index is 15.7. The molecule has 0 spiro atoms. The van der Waals surface area contributed by atoms with Crippen LogP contribution in [0, 0.1) is 11.7 Å². The van der Waals surface area contributed by atoms with Crippen molar-refractivity contribution in [1.82, 2.24) is 34.6 Å². The molecule has 5 amide bonds. The second-order valence-electron chi connectivity index (χ2n) is 18.5. The highest BCUT2D eigenvalue weighted by atomic mass is 19.1. The zero-order chi connectivity index (χ0) is 47.4. The number of halogens is 1. The van der Waals surface area contributed by atoms with Crippen LogP contribution in [0.15, 0.2) is 79.6 Å². The van der Waals surface area contributed by atoms with Gasteiger partial charge in [0.1, 0.15) is 17.6 Å². The van der Waals surface area contributed by atoms with E-state index in [9.17, 15) is 24.0 Å². The van der Waals surface area contributed by atoms with E-state index in [2.05, 4.69) is 65.1 Å². The highest BCUT2D eigenvalue weighted by Crippen LogP contribution is 2.42. The molecule has 3 aromatic carbocycles. The molecule has 2 aromatic heterocycles. The van der Waals surface area contributed by atoms with Crippen molar-refractivity contribution in [2.75, 3.05) is 80.4 Å². The summed E-state index contributed by atoms with van der Waals surface area (Å²) in [5.41, 5.74) is 5.16. The van der Waals surface area contributed by atoms with E-state index in [1.165, 1.54) is 12.1 Å². The first-order valence-corrected chi connectivity index (χ1v) is 23.2. The fourth-order valence-electron chi connectivity index (χ4n) is 10.8. The molecule has 8 heterocycles. The number of carbonyl (C=O) groups excluding carboxylic acids is 5. The molecule has 0 aliphatic carbocycles. The van der Waals surface area contributed by atoms with E-state index in [1.807, 2.05) is 49.3 Å². The van der Waals surface area contributed by atoms with Gasteiger partial charge in [-0.05, 0) is 81.1 Å². The number of nitrogens with zero attached hydrogens (tertiary/aromatic N) is 8. The number of nitrogens with one attached hydrogen (secondary N) is 3. The Labute approximate surface area is 392 Å². The average Bonchev–Trinajstić information content (AvgIpc) is 3.79. The first-order valence-electron chi connectivity index (χ1n) is 23.2. The Balaban J connectivity index is 0.738. The Hall–Kier alpha value is -7.18. The Morgan fingerprint density at radius 1 is 0.971 bits per heavy atom. The van der Waals surface area contributed by atoms with E-state index in [-0.39, 0.29) is 42.0 Å². The third-order valence-corrected chi connectivity index (χ3v) is 14.3. The number of aromatic nitrogens is 3. The van der Waals surface area contributed by atoms with E-state index >= 15 is 4.39 Å². The summed E-state index contributed by atoms with van der Waals surface area (Å²) in [7, 11) is 5.62. The van der Waals surface area contributed by atoms with Crippen molar-refractivity contribution in [1.29, 1.82) is 0 Å². The number of likely N-dealkylation sites (N-methyl/N-ethyl adjacent to an activating group) is 1. The summed E-state index contributed by atoms with van der Waals surface area (Å²) in [5, 5.41) is 9.60. The molecule has 6 aliphatic heterocycles. The molecule has 0 saturated carbocycles. The largest absolute Gasteiger partial charge is 0.494 e. The van der Waals surface area contributed by atoms with Crippen molar-refractivity contribution in [2.45, 2.75) is 50.2 Å². The van der Waals surface area contributed by atoms with Crippen molar-refractivity contribution >= 4 is 69.1 Å². The van der Waals surface area contributed by atoms with E-state index in [4.69, 9.17) is 9.72 Å². The van der Waals surface area contributed by atoms with Crippen molar-refractivity contribution in [2.24, 2.45) is 13.0 Å². The minimum absolute atomic E-state index is 0.0163. The second kappa shape index (κ2) is 18.1. The molecule has 5 fully saturated rings. The third-order valence-electron chi connectivity index (χ3n) is 14.3. The Bertz CT molecular complexity index is 2870. The minimum Gasteiger partial charge on any atom is -0.494 e. The van der Waals surface area contributed by atoms with Crippen molar-refractivity contribution in [3.8, 4) is 17.0 Å². The van der Waals surface area contributed by atoms with Gasteiger partial charge in [-0.15, -0.1) is 0 Å². The number of imide groups is 2. The quantitative estimate of drug-likeness (QED) is 0.0984. The summed E-state index contributed by atoms with van der Waals surface area (Å²) in [5.74, 6) is -1.93. The third kappa shape index (κ3) is 8.31. The number of rotatable bonds is 14. The van der Waals surface area contributed by atoms with Gasteiger partial charge in [0.2, 0.25) is 23.7 Å². The molecule has 11 rings (SSSR count). The lowest BCUT2D eigenvalue weighted by atomic mass is 9.85. The molecule has 2 bridgehead atoms. The monoisotopic (exact) mass is 923 g/mol. The number of hydrogen-bond acceptors (Lipinski definition) is 13. The van der Waals surface area contributed by atoms with E-state index < -0.39 is 35.5 Å². The molecule has 6 aliphatic rings. The van der Waals surface area contributed by atoms with Gasteiger partial charge in [0, 0.05) is 100 Å². The molecule has 3 unspecified atom stereocenters. The maximum atomic E-state index is 15.7. The molecule has 17 nitrogen and oxygen atoms in total. The number of ether oxygens (including phenoxy) is 1. The molecule has 5 aromatic rings. The first kappa shape index (κ1) is 44.6. The van der Waals surface area contributed by atoms with Gasteiger partial charge in [-0.3, -0.25) is 39.1 Å². The summed E-state index contributed by atoms with van der Waals surface area (Å²) < 4.78 is 23.7. The molecular weight excluding hydrogens is 870 g/mol. The molecular formula is C50H54FN11O6. The zero-order valence-electron chi connectivity index (χ0n) is 38.3. The molecule has 5 saturated heterocycles. The number of benzene rings is 3. The minimum atomic E-state index is -1.10. The summed E-state index contributed by atoms with van der Waals surface area (Å²) in [6, 6.07) is 15.5. The van der Waals surface area contributed by atoms with Gasteiger partial charge in [0.25, 0.3) is 11.8 Å². The highest BCUT2D eigenvalue weighted by Gasteiger charge is 2.49. The summed E-state index contributed by atoms with van der Waals surface area (Å²) in [6.45, 7) is 9.62. The van der Waals surface area contributed by atoms with Crippen molar-refractivity contribution < 1.29 is 33.1 Å².